The molecular formula is C128H172F12Y8-16. The standard InChI is InChI=1S/C27H34.2C27H28.C27H22.12CH3F.8CH3.8Y/c4*1-3-7-22(8-4-1)19-24-11-15-26(16-12-24)21-27-17-13-25(14-18-27)20-23-9-5-2-6-10-23;12*1-2;;;;;;;;;;;;;;;;/h3-10,24-27H,11-21H2;3-12,15-16,25,27H,13-14,17-21H2;1,5-6,9-18,22H,3-4,7-8,19-21H2;3-18H,19-21H2;12*1H3;8*1H3;;;;;;;;/q4*-2;;;;;;;;;;;;;8*-1;;;;;;;;. The van der Waals surface area contributed by atoms with Crippen molar-refractivity contribution in [2.24, 2.45) is 41.4 Å². The van der Waals surface area contributed by atoms with Crippen LogP contribution in [0.1, 0.15) is 204 Å². The van der Waals surface area contributed by atoms with Crippen LogP contribution in [0.5, 0.6) is 0 Å². The summed E-state index contributed by atoms with van der Waals surface area (Å²) in [6.07, 6.45) is 38.8. The first kappa shape index (κ1) is 182. The van der Waals surface area contributed by atoms with E-state index >= 15 is 0 Å². The van der Waals surface area contributed by atoms with Crippen LogP contribution in [0, 0.1) is 150 Å². The van der Waals surface area contributed by atoms with Gasteiger partial charge in [0.05, 0.1) is 86.1 Å². The average Bonchev–Trinajstić information content (AvgIpc) is 0.870. The van der Waals surface area contributed by atoms with Crippen LogP contribution >= 0.6 is 0 Å². The minimum atomic E-state index is 0. The Kier molecular flexibility index (Phi) is 157. The number of hydrogen-bond acceptors (Lipinski definition) is 0. The first-order chi connectivity index (χ1) is 65.4. The Labute approximate surface area is 1100 Å². The van der Waals surface area contributed by atoms with Crippen LogP contribution < -0.4 is 0 Å². The van der Waals surface area contributed by atoms with E-state index < -0.39 is 0 Å². The quantitative estimate of drug-likeness (QED) is 0.0418. The largest absolute Gasteiger partial charge is 0.358 e. The van der Waals surface area contributed by atoms with Crippen molar-refractivity contribution in [1.29, 1.82) is 0 Å². The maximum atomic E-state index is 9.50. The molecule has 12 aromatic rings. The molecule has 0 saturated heterocycles. The van der Waals surface area contributed by atoms with Gasteiger partial charge in [-0.15, -0.1) is 0 Å². The Balaban J connectivity index is -0.000000101. The maximum Gasteiger partial charge on any atom is 0.0785 e. The number of alkyl halides is 12. The Hall–Kier alpha value is -1.37. The van der Waals surface area contributed by atoms with Gasteiger partial charge in [-0.2, -0.15) is 264 Å². The molecule has 8 radical (unpaired) electrons. The van der Waals surface area contributed by atoms with Crippen molar-refractivity contribution in [1.82, 2.24) is 0 Å². The van der Waals surface area contributed by atoms with Gasteiger partial charge in [-0.3, -0.25) is 52.7 Å². The molecule has 0 aliphatic heterocycles. The van der Waals surface area contributed by atoms with Gasteiger partial charge in [0.2, 0.25) is 0 Å². The number of benzene rings is 12. The van der Waals surface area contributed by atoms with Gasteiger partial charge in [-0.1, -0.05) is 160 Å². The second kappa shape index (κ2) is 127. The predicted octanol–water partition coefficient (Wildman–Crippen LogP) is 36.8. The topological polar surface area (TPSA) is 0 Å². The van der Waals surface area contributed by atoms with Crippen molar-refractivity contribution < 1.29 is 314 Å². The monoisotopic (exact) mass is 2650 g/mol. The fourth-order valence-corrected chi connectivity index (χ4v) is 17.5. The van der Waals surface area contributed by atoms with Crippen LogP contribution in [-0.2, 0) is 332 Å². The summed E-state index contributed by atoms with van der Waals surface area (Å²) in [7, 11) is 6.00. The van der Waals surface area contributed by atoms with Gasteiger partial charge in [0, 0.05) is 262 Å². The first-order valence-corrected chi connectivity index (χ1v) is 45.8. The zero-order valence-corrected chi connectivity index (χ0v) is 116. The van der Waals surface area contributed by atoms with Gasteiger partial charge in [-0.25, -0.2) is 0 Å². The molecule has 0 unspecified atom stereocenters. The molecule has 4 aliphatic rings. The molecular weight excluding hydrogens is 2480 g/mol. The molecule has 0 spiro atoms. The molecule has 0 nitrogen and oxygen atoms in total. The maximum absolute atomic E-state index is 9.50. The third-order valence-corrected chi connectivity index (χ3v) is 23.8. The molecule has 4 saturated carbocycles. The molecule has 808 valence electrons. The van der Waals surface area contributed by atoms with E-state index in [4.69, 9.17) is 0 Å². The molecule has 0 atom stereocenters. The normalized spacial score (nSPS) is 14.0. The fraction of sp³-hybridized carbons (Fsp3) is 0.367. The van der Waals surface area contributed by atoms with E-state index in [0.717, 1.165) is 80.0 Å². The third-order valence-electron chi connectivity index (χ3n) is 23.8. The summed E-state index contributed by atoms with van der Waals surface area (Å²) in [5.74, 6) is 6.48. The van der Waals surface area contributed by atoms with Crippen LogP contribution in [0.4, 0.5) is 52.7 Å². The Bertz CT molecular complexity index is 4310. The summed E-state index contributed by atoms with van der Waals surface area (Å²) in [5, 5.41) is 0. The van der Waals surface area contributed by atoms with Crippen molar-refractivity contribution in [2.75, 3.05) is 86.1 Å². The molecule has 148 heavy (non-hydrogen) atoms. The molecule has 16 rings (SSSR count). The molecule has 4 aliphatic carbocycles. The van der Waals surface area contributed by atoms with Crippen molar-refractivity contribution in [3.8, 4) is 0 Å². The Morgan fingerprint density at radius 3 is 0.399 bits per heavy atom. The third kappa shape index (κ3) is 82.1. The molecule has 0 heterocycles. The zero-order chi connectivity index (χ0) is 97.3. The van der Waals surface area contributed by atoms with E-state index in [0.29, 0.717) is 86.1 Å². The minimum Gasteiger partial charge on any atom is -0.358 e. The van der Waals surface area contributed by atoms with Crippen molar-refractivity contribution in [3.63, 3.8) is 0 Å². The van der Waals surface area contributed by atoms with E-state index in [2.05, 4.69) is 279 Å². The van der Waals surface area contributed by atoms with Crippen molar-refractivity contribution >= 4 is 0 Å². The summed E-state index contributed by atoms with van der Waals surface area (Å²) in [6.45, 7) is 0. The van der Waals surface area contributed by atoms with Gasteiger partial charge >= 0.3 is 0 Å². The van der Waals surface area contributed by atoms with E-state index in [-0.39, 0.29) is 321 Å². The predicted molar refractivity (Wildman–Crippen MR) is 587 cm³/mol. The fourth-order valence-electron chi connectivity index (χ4n) is 17.5. The van der Waals surface area contributed by atoms with Crippen molar-refractivity contribution in [2.45, 2.75) is 180 Å². The van der Waals surface area contributed by atoms with Crippen LogP contribution in [0.25, 0.3) is 0 Å². The number of hydrogen-bond donors (Lipinski definition) is 0. The minimum absolute atomic E-state index is 0. The summed E-state index contributed by atoms with van der Waals surface area (Å²) < 4.78 is 114. The van der Waals surface area contributed by atoms with Gasteiger partial charge in [0.25, 0.3) is 0 Å². The molecule has 20 heteroatoms. The average molecular weight is 2650 g/mol. The molecule has 12 aromatic carbocycles. The molecule has 0 bridgehead atoms. The van der Waals surface area contributed by atoms with Crippen LogP contribution in [0.3, 0.4) is 0 Å². The van der Waals surface area contributed by atoms with Crippen LogP contribution in [0.15, 0.2) is 291 Å². The summed E-state index contributed by atoms with van der Waals surface area (Å²) in [6, 6.07) is 126. The van der Waals surface area contributed by atoms with Crippen molar-refractivity contribution in [3.05, 3.63) is 494 Å². The van der Waals surface area contributed by atoms with Crippen LogP contribution in [-0.4, -0.2) is 86.1 Å². The Morgan fingerprint density at radius 2 is 0.257 bits per heavy atom. The smallest absolute Gasteiger partial charge is 0.0785 e. The van der Waals surface area contributed by atoms with Crippen LogP contribution in [0.2, 0.25) is 0 Å². The summed E-state index contributed by atoms with van der Waals surface area (Å²) >= 11 is 0. The first-order valence-electron chi connectivity index (χ1n) is 45.8. The number of halogens is 12. The van der Waals surface area contributed by atoms with Gasteiger partial charge in [0.15, 0.2) is 0 Å². The van der Waals surface area contributed by atoms with E-state index in [1.54, 1.807) is 0 Å². The molecule has 0 aromatic heterocycles. The SMILES string of the molecule is CF.CF.CF.CF.CF.CF.CF.CF.CF.CF.CF.CF.[CH3-].[CH3-].[CH3-].[CH3-].[CH3-].[CH3-].[CH3-].[CH3-].[Y].[Y].[Y].[Y].[Y].[Y].[Y].[Y].[c-]1ccc(CC2CCC(CC3CCC(Cc4cc[c-]cc4)CC3)CC2)cc1.[c-]1ccc(Cc2ccc(CC3CCC(Cc4cc[c-]cc4)CC3)cc2)cc1.[c-]1ccc(Cc2ccc(Cc3ccc(CC4CC[CH-]CC4)cc3)cc2)cc1.[c-]1ccc(Cc2ccc(Cc3ccc(Cc4cc[c-]cc4)cc3)cc2)cc1. The summed E-state index contributed by atoms with van der Waals surface area (Å²) in [5.41, 5.74) is 23.8. The molecule has 0 N–H and O–H groups in total. The molecule has 4 fully saturated rings. The zero-order valence-electron chi connectivity index (χ0n) is 93.3. The Morgan fingerprint density at radius 1 is 0.155 bits per heavy atom. The van der Waals surface area contributed by atoms with Gasteiger partial charge < -0.3 is 65.8 Å². The second-order valence-electron chi connectivity index (χ2n) is 32.2. The molecule has 0 amide bonds. The van der Waals surface area contributed by atoms with E-state index in [1.165, 1.54) is 236 Å². The van der Waals surface area contributed by atoms with E-state index in [9.17, 15) is 52.7 Å². The van der Waals surface area contributed by atoms with Gasteiger partial charge in [-0.05, 0) is 225 Å². The summed E-state index contributed by atoms with van der Waals surface area (Å²) in [4.78, 5) is 0. The second-order valence-corrected chi connectivity index (χ2v) is 32.2. The number of rotatable bonds is 24. The van der Waals surface area contributed by atoms with Gasteiger partial charge in [0.1, 0.15) is 0 Å². The van der Waals surface area contributed by atoms with E-state index in [1.807, 2.05) is 60.7 Å².